The summed E-state index contributed by atoms with van der Waals surface area (Å²) in [5.41, 5.74) is 11.4. The predicted octanol–water partition coefficient (Wildman–Crippen LogP) is 4.87. The number of carbonyl (C=O) groups excluding carboxylic acids is 1. The second-order valence-corrected chi connectivity index (χ2v) is 11.7. The van der Waals surface area contributed by atoms with Crippen molar-refractivity contribution in [2.24, 2.45) is 11.7 Å². The zero-order chi connectivity index (χ0) is 30.5. The molecule has 5 atom stereocenters. The number of hydrogen-bond donors (Lipinski definition) is 2. The van der Waals surface area contributed by atoms with Crippen LogP contribution in [-0.4, -0.2) is 79.3 Å². The van der Waals surface area contributed by atoms with Crippen LogP contribution in [0, 0.1) is 5.92 Å². The number of aromatic nitrogens is 1. The SMILES string of the molecule is CO[C@H]1CN(C)C2OC2c2cc(NC(=O)OC(C)C)ccc2OC[C@H](N)N(Cc2ccc(-c3ccccn3)cc2)C[C@@H]1C. The fourth-order valence-corrected chi connectivity index (χ4v) is 5.52. The van der Waals surface area contributed by atoms with Crippen molar-refractivity contribution in [3.63, 3.8) is 0 Å². The number of nitrogens with zero attached hydrogens (tertiary/aromatic N) is 3. The first-order chi connectivity index (χ1) is 20.7. The molecule has 230 valence electrons. The smallest absolute Gasteiger partial charge is 0.411 e. The zero-order valence-electron chi connectivity index (χ0n) is 25.6. The minimum absolute atomic E-state index is 0.0315. The van der Waals surface area contributed by atoms with Crippen LogP contribution in [0.15, 0.2) is 66.9 Å². The Balaban J connectivity index is 1.37. The molecule has 1 fully saturated rings. The van der Waals surface area contributed by atoms with E-state index in [1.807, 2.05) is 51.2 Å². The summed E-state index contributed by atoms with van der Waals surface area (Å²) in [5.74, 6) is 0.865. The Morgan fingerprint density at radius 2 is 1.93 bits per heavy atom. The average molecular weight is 590 g/mol. The molecule has 0 radical (unpaired) electrons. The minimum atomic E-state index is -0.506. The molecule has 2 aromatic carbocycles. The molecule has 1 amide bonds. The quantitative estimate of drug-likeness (QED) is 0.389. The van der Waals surface area contributed by atoms with Crippen LogP contribution in [-0.2, 0) is 20.8 Å². The van der Waals surface area contributed by atoms with Crippen LogP contribution >= 0.6 is 0 Å². The molecule has 0 bridgehead atoms. The van der Waals surface area contributed by atoms with E-state index in [9.17, 15) is 4.79 Å². The monoisotopic (exact) mass is 589 g/mol. The van der Waals surface area contributed by atoms with Gasteiger partial charge in [-0.1, -0.05) is 37.3 Å². The lowest BCUT2D eigenvalue weighted by Crippen LogP contribution is -2.49. The third kappa shape index (κ3) is 7.90. The maximum atomic E-state index is 12.3. The van der Waals surface area contributed by atoms with Gasteiger partial charge in [0.15, 0.2) is 0 Å². The van der Waals surface area contributed by atoms with E-state index < -0.39 is 6.09 Å². The number of hydrogen-bond acceptors (Lipinski definition) is 9. The Kier molecular flexibility index (Phi) is 9.94. The highest BCUT2D eigenvalue weighted by molar-refractivity contribution is 5.85. The number of rotatable bonds is 6. The second-order valence-electron chi connectivity index (χ2n) is 11.7. The van der Waals surface area contributed by atoms with Gasteiger partial charge in [0.1, 0.15) is 24.7 Å². The normalized spacial score (nSPS) is 24.9. The van der Waals surface area contributed by atoms with E-state index in [1.54, 1.807) is 19.4 Å². The van der Waals surface area contributed by atoms with Crippen LogP contribution in [0.1, 0.15) is 38.0 Å². The zero-order valence-corrected chi connectivity index (χ0v) is 25.6. The van der Waals surface area contributed by atoms with E-state index in [4.69, 9.17) is 24.7 Å². The summed E-state index contributed by atoms with van der Waals surface area (Å²) in [7, 11) is 3.80. The minimum Gasteiger partial charge on any atom is -0.490 e. The van der Waals surface area contributed by atoms with Crippen molar-refractivity contribution >= 4 is 11.8 Å². The summed E-state index contributed by atoms with van der Waals surface area (Å²) in [6.07, 6.45) is 0.328. The standard InChI is InChI=1S/C33H43N5O5/c1-21(2)42-33(39)36-25-13-14-28-26(16-25)31-32(43-31)37(4)19-29(40-5)22(3)17-38(30(34)20-41-28)18-23-9-11-24(12-10-23)27-8-6-7-15-35-27/h6-16,21-22,29-32H,17-20,34H2,1-5H3,(H,36,39)/t22-,29-,30+,31?,32?/m0/s1. The summed E-state index contributed by atoms with van der Waals surface area (Å²) < 4.78 is 23.7. The van der Waals surface area contributed by atoms with Crippen molar-refractivity contribution in [3.8, 4) is 17.0 Å². The molecule has 3 N–H and O–H groups in total. The number of nitrogens with one attached hydrogen (secondary N) is 1. The third-order valence-corrected chi connectivity index (χ3v) is 7.92. The van der Waals surface area contributed by atoms with E-state index in [1.165, 1.54) is 0 Å². The Morgan fingerprint density at radius 1 is 1.14 bits per heavy atom. The molecule has 0 saturated carbocycles. The number of ether oxygens (including phenoxy) is 4. The van der Waals surface area contributed by atoms with Gasteiger partial charge in [0.2, 0.25) is 0 Å². The van der Waals surface area contributed by atoms with E-state index in [-0.39, 0.29) is 43.2 Å². The van der Waals surface area contributed by atoms with Crippen molar-refractivity contribution in [2.75, 3.05) is 39.2 Å². The summed E-state index contributed by atoms with van der Waals surface area (Å²) in [5, 5.41) is 2.81. The highest BCUT2D eigenvalue weighted by Gasteiger charge is 2.46. The largest absolute Gasteiger partial charge is 0.490 e. The van der Waals surface area contributed by atoms with Crippen LogP contribution < -0.4 is 15.8 Å². The van der Waals surface area contributed by atoms with Gasteiger partial charge in [-0.2, -0.15) is 0 Å². The van der Waals surface area contributed by atoms with Crippen molar-refractivity contribution in [1.29, 1.82) is 0 Å². The number of epoxide rings is 1. The van der Waals surface area contributed by atoms with Crippen molar-refractivity contribution < 1.29 is 23.7 Å². The molecule has 1 aromatic heterocycles. The van der Waals surface area contributed by atoms with Crippen molar-refractivity contribution in [1.82, 2.24) is 14.8 Å². The first-order valence-electron chi connectivity index (χ1n) is 14.8. The molecule has 3 heterocycles. The third-order valence-electron chi connectivity index (χ3n) is 7.92. The first-order valence-corrected chi connectivity index (χ1v) is 14.8. The number of anilines is 1. The first kappa shape index (κ1) is 30.9. The number of likely N-dealkylation sites (N-methyl/N-ethyl adjacent to an activating group) is 1. The second kappa shape index (κ2) is 13.8. The topological polar surface area (TPSA) is 115 Å². The highest BCUT2D eigenvalue weighted by atomic mass is 16.6. The number of benzene rings is 2. The number of fused-ring (bicyclic) bond motifs is 3. The van der Waals surface area contributed by atoms with Crippen LogP contribution in [0.2, 0.25) is 0 Å². The predicted molar refractivity (Wildman–Crippen MR) is 165 cm³/mol. The van der Waals surface area contributed by atoms with Gasteiger partial charge in [0, 0.05) is 49.8 Å². The highest BCUT2D eigenvalue weighted by Crippen LogP contribution is 2.45. The van der Waals surface area contributed by atoms with Gasteiger partial charge in [0.25, 0.3) is 0 Å². The Labute approximate surface area is 254 Å². The van der Waals surface area contributed by atoms with Gasteiger partial charge in [-0.15, -0.1) is 0 Å². The van der Waals surface area contributed by atoms with E-state index in [0.29, 0.717) is 24.5 Å². The van der Waals surface area contributed by atoms with Crippen LogP contribution in [0.4, 0.5) is 10.5 Å². The van der Waals surface area contributed by atoms with Crippen molar-refractivity contribution in [3.05, 3.63) is 78.0 Å². The summed E-state index contributed by atoms with van der Waals surface area (Å²) in [6, 6.07) is 19.9. The number of nitrogens with two attached hydrogens (primary N) is 1. The van der Waals surface area contributed by atoms with E-state index in [0.717, 1.165) is 28.9 Å². The van der Waals surface area contributed by atoms with E-state index in [2.05, 4.69) is 51.3 Å². The molecule has 5 rings (SSSR count). The van der Waals surface area contributed by atoms with Crippen LogP contribution in [0.3, 0.4) is 0 Å². The fourth-order valence-electron chi connectivity index (χ4n) is 5.52. The lowest BCUT2D eigenvalue weighted by Gasteiger charge is -2.34. The number of pyridine rings is 1. The lowest BCUT2D eigenvalue weighted by atomic mass is 10.0. The molecular weight excluding hydrogens is 546 g/mol. The van der Waals surface area contributed by atoms with Gasteiger partial charge in [-0.25, -0.2) is 4.79 Å². The maximum absolute atomic E-state index is 12.3. The fraction of sp³-hybridized carbons (Fsp3) is 0.455. The van der Waals surface area contributed by atoms with Crippen molar-refractivity contribution in [2.45, 2.75) is 58.0 Å². The number of amides is 1. The van der Waals surface area contributed by atoms with Gasteiger partial charge >= 0.3 is 6.09 Å². The van der Waals surface area contributed by atoms with Gasteiger partial charge in [-0.05, 0) is 62.7 Å². The van der Waals surface area contributed by atoms with Gasteiger partial charge in [-0.3, -0.25) is 20.1 Å². The molecule has 10 heteroatoms. The van der Waals surface area contributed by atoms with Gasteiger partial charge in [0.05, 0.1) is 24.1 Å². The molecule has 43 heavy (non-hydrogen) atoms. The molecular formula is C33H43N5O5. The summed E-state index contributed by atoms with van der Waals surface area (Å²) in [4.78, 5) is 21.1. The van der Waals surface area contributed by atoms with Crippen LogP contribution in [0.25, 0.3) is 11.3 Å². The molecule has 0 aliphatic carbocycles. The van der Waals surface area contributed by atoms with Gasteiger partial charge < -0.3 is 24.7 Å². The van der Waals surface area contributed by atoms with E-state index >= 15 is 0 Å². The van der Waals surface area contributed by atoms with Crippen LogP contribution in [0.5, 0.6) is 5.75 Å². The molecule has 2 unspecified atom stereocenters. The Hall–Kier alpha value is -3.54. The number of carbonyl (C=O) groups is 1. The average Bonchev–Trinajstić information content (AvgIpc) is 3.79. The Bertz CT molecular complexity index is 1360. The Morgan fingerprint density at radius 3 is 2.63 bits per heavy atom. The lowest BCUT2D eigenvalue weighted by molar-refractivity contribution is 0.00231. The molecule has 1 saturated heterocycles. The summed E-state index contributed by atoms with van der Waals surface area (Å²) in [6.45, 7) is 8.16. The molecule has 2 aliphatic heterocycles. The maximum Gasteiger partial charge on any atom is 0.411 e. The molecule has 10 nitrogen and oxygen atoms in total. The number of methoxy groups -OCH3 is 1. The summed E-state index contributed by atoms with van der Waals surface area (Å²) >= 11 is 0. The molecule has 3 aromatic rings. The molecule has 0 spiro atoms. The molecule has 2 aliphatic rings.